The predicted octanol–water partition coefficient (Wildman–Crippen LogP) is 4.87. The first-order valence-electron chi connectivity index (χ1n) is 7.36. The summed E-state index contributed by atoms with van der Waals surface area (Å²) < 4.78 is 5.60. The van der Waals surface area contributed by atoms with Gasteiger partial charge in [-0.25, -0.2) is 4.98 Å². The fourth-order valence-corrected chi connectivity index (χ4v) is 2.97. The van der Waals surface area contributed by atoms with Crippen molar-refractivity contribution in [2.75, 3.05) is 5.32 Å². The Hall–Kier alpha value is -2.37. The largest absolute Gasteiger partial charge is 0.479 e. The summed E-state index contributed by atoms with van der Waals surface area (Å²) in [5.41, 5.74) is 1.84. The Kier molecular flexibility index (Phi) is 5.13. The highest BCUT2D eigenvalue weighted by Crippen LogP contribution is 2.26. The molecule has 3 aromatic rings. The molecule has 1 N–H and O–H groups in total. The molecule has 3 rings (SSSR count). The summed E-state index contributed by atoms with van der Waals surface area (Å²) in [5, 5.41) is 5.68. The Morgan fingerprint density at radius 1 is 1.17 bits per heavy atom. The number of amides is 1. The van der Waals surface area contributed by atoms with Crippen LogP contribution in [0.3, 0.4) is 0 Å². The number of anilines is 1. The highest BCUT2D eigenvalue weighted by molar-refractivity contribution is 7.14. The van der Waals surface area contributed by atoms with Crippen molar-refractivity contribution < 1.29 is 9.53 Å². The van der Waals surface area contributed by atoms with E-state index in [-0.39, 0.29) is 5.91 Å². The molecule has 6 heteroatoms. The van der Waals surface area contributed by atoms with Crippen molar-refractivity contribution in [1.29, 1.82) is 0 Å². The van der Waals surface area contributed by atoms with Crippen LogP contribution < -0.4 is 10.1 Å². The van der Waals surface area contributed by atoms with Crippen LogP contribution >= 0.6 is 22.9 Å². The van der Waals surface area contributed by atoms with Gasteiger partial charge in [0, 0.05) is 10.9 Å². The lowest BCUT2D eigenvalue weighted by molar-refractivity contribution is -0.122. The summed E-state index contributed by atoms with van der Waals surface area (Å²) in [6.07, 6.45) is -0.686. The maximum Gasteiger partial charge on any atom is 0.266 e. The zero-order chi connectivity index (χ0) is 16.9. The molecule has 0 radical (unpaired) electrons. The van der Waals surface area contributed by atoms with Crippen LogP contribution in [-0.4, -0.2) is 17.0 Å². The number of benzene rings is 2. The SMILES string of the molecule is CC(Oc1ccccc1Cl)C(=O)Nc1nc(-c2ccccc2)cs1. The Morgan fingerprint density at radius 2 is 1.88 bits per heavy atom. The van der Waals surface area contributed by atoms with E-state index in [9.17, 15) is 4.79 Å². The zero-order valence-electron chi connectivity index (χ0n) is 12.9. The van der Waals surface area contributed by atoms with E-state index in [1.807, 2.05) is 35.7 Å². The third-order valence-corrected chi connectivity index (χ3v) is 4.38. The number of carbonyl (C=O) groups excluding carboxylic acids is 1. The zero-order valence-corrected chi connectivity index (χ0v) is 14.5. The number of rotatable bonds is 5. The third kappa shape index (κ3) is 3.93. The number of hydrogen-bond donors (Lipinski definition) is 1. The first kappa shape index (κ1) is 16.5. The first-order valence-corrected chi connectivity index (χ1v) is 8.62. The number of para-hydroxylation sites is 1. The van der Waals surface area contributed by atoms with Gasteiger partial charge in [0.25, 0.3) is 5.91 Å². The third-order valence-electron chi connectivity index (χ3n) is 3.31. The van der Waals surface area contributed by atoms with Gasteiger partial charge in [0.05, 0.1) is 10.7 Å². The minimum atomic E-state index is -0.686. The van der Waals surface area contributed by atoms with Crippen LogP contribution in [0.15, 0.2) is 60.0 Å². The van der Waals surface area contributed by atoms with Gasteiger partial charge < -0.3 is 4.74 Å². The van der Waals surface area contributed by atoms with Gasteiger partial charge >= 0.3 is 0 Å². The van der Waals surface area contributed by atoms with Crippen molar-refractivity contribution in [3.63, 3.8) is 0 Å². The summed E-state index contributed by atoms with van der Waals surface area (Å²) >= 11 is 7.41. The van der Waals surface area contributed by atoms with Crippen LogP contribution in [0.5, 0.6) is 5.75 Å². The average Bonchev–Trinajstić information content (AvgIpc) is 3.06. The van der Waals surface area contributed by atoms with Gasteiger partial charge in [-0.05, 0) is 19.1 Å². The van der Waals surface area contributed by atoms with Crippen LogP contribution in [-0.2, 0) is 4.79 Å². The van der Waals surface area contributed by atoms with Gasteiger partial charge in [0.1, 0.15) is 5.75 Å². The molecule has 1 atom stereocenters. The predicted molar refractivity (Wildman–Crippen MR) is 97.7 cm³/mol. The maximum absolute atomic E-state index is 12.3. The normalized spacial score (nSPS) is 11.8. The van der Waals surface area contributed by atoms with Crippen LogP contribution in [0.2, 0.25) is 5.02 Å². The molecule has 1 unspecified atom stereocenters. The lowest BCUT2D eigenvalue weighted by Gasteiger charge is -2.14. The van der Waals surface area contributed by atoms with E-state index in [1.54, 1.807) is 31.2 Å². The van der Waals surface area contributed by atoms with Crippen LogP contribution in [0.25, 0.3) is 11.3 Å². The molecular weight excluding hydrogens is 344 g/mol. The van der Waals surface area contributed by atoms with Crippen LogP contribution in [0.1, 0.15) is 6.92 Å². The van der Waals surface area contributed by atoms with E-state index in [0.29, 0.717) is 15.9 Å². The molecule has 0 aliphatic rings. The van der Waals surface area contributed by atoms with E-state index in [2.05, 4.69) is 10.3 Å². The number of thiazole rings is 1. The van der Waals surface area contributed by atoms with Gasteiger partial charge in [-0.15, -0.1) is 11.3 Å². The summed E-state index contributed by atoms with van der Waals surface area (Å²) in [4.78, 5) is 16.7. The number of aromatic nitrogens is 1. The molecule has 1 amide bonds. The molecule has 0 fully saturated rings. The number of hydrogen-bond acceptors (Lipinski definition) is 4. The first-order chi connectivity index (χ1) is 11.6. The molecule has 0 spiro atoms. The standard InChI is InChI=1S/C18H15ClN2O2S/c1-12(23-16-10-6-5-9-14(16)19)17(22)21-18-20-15(11-24-18)13-7-3-2-4-8-13/h2-12H,1H3,(H,20,21,22). The number of nitrogens with one attached hydrogen (secondary N) is 1. The lowest BCUT2D eigenvalue weighted by Crippen LogP contribution is -2.30. The van der Waals surface area contributed by atoms with Crippen molar-refractivity contribution in [3.8, 4) is 17.0 Å². The van der Waals surface area contributed by atoms with Crippen LogP contribution in [0, 0.1) is 0 Å². The minimum absolute atomic E-state index is 0.274. The second-order valence-electron chi connectivity index (χ2n) is 5.08. The number of carbonyl (C=O) groups is 1. The van der Waals surface area contributed by atoms with Gasteiger partial charge in [-0.3, -0.25) is 10.1 Å². The average molecular weight is 359 g/mol. The Bertz CT molecular complexity index is 836. The van der Waals surface area contributed by atoms with Crippen molar-refractivity contribution in [2.24, 2.45) is 0 Å². The number of ether oxygens (including phenoxy) is 1. The van der Waals surface area contributed by atoms with Crippen LogP contribution in [0.4, 0.5) is 5.13 Å². The molecule has 1 aromatic heterocycles. The maximum atomic E-state index is 12.3. The molecule has 0 aliphatic carbocycles. The van der Waals surface area contributed by atoms with E-state index >= 15 is 0 Å². The van der Waals surface area contributed by atoms with Crippen molar-refractivity contribution in [2.45, 2.75) is 13.0 Å². The molecule has 24 heavy (non-hydrogen) atoms. The van der Waals surface area contributed by atoms with Crippen molar-refractivity contribution in [3.05, 3.63) is 65.0 Å². The summed E-state index contributed by atoms with van der Waals surface area (Å²) in [5.74, 6) is 0.204. The Morgan fingerprint density at radius 3 is 2.62 bits per heavy atom. The van der Waals surface area contributed by atoms with E-state index in [0.717, 1.165) is 11.3 Å². The lowest BCUT2D eigenvalue weighted by atomic mass is 10.2. The van der Waals surface area contributed by atoms with Gasteiger partial charge in [0.2, 0.25) is 0 Å². The topological polar surface area (TPSA) is 51.2 Å². The highest BCUT2D eigenvalue weighted by atomic mass is 35.5. The van der Waals surface area contributed by atoms with Gasteiger partial charge in [0.15, 0.2) is 11.2 Å². The molecule has 122 valence electrons. The molecule has 0 bridgehead atoms. The molecular formula is C18H15ClN2O2S. The molecule has 2 aromatic carbocycles. The molecule has 0 saturated carbocycles. The van der Waals surface area contributed by atoms with Gasteiger partial charge in [-0.2, -0.15) is 0 Å². The fourth-order valence-electron chi connectivity index (χ4n) is 2.06. The fraction of sp³-hybridized carbons (Fsp3) is 0.111. The molecule has 0 saturated heterocycles. The summed E-state index contributed by atoms with van der Waals surface area (Å²) in [7, 11) is 0. The van der Waals surface area contributed by atoms with E-state index in [1.165, 1.54) is 11.3 Å². The molecule has 1 heterocycles. The van der Waals surface area contributed by atoms with Gasteiger partial charge in [-0.1, -0.05) is 54.1 Å². The highest BCUT2D eigenvalue weighted by Gasteiger charge is 2.17. The Labute approximate surface area is 149 Å². The monoisotopic (exact) mass is 358 g/mol. The second kappa shape index (κ2) is 7.47. The smallest absolute Gasteiger partial charge is 0.266 e. The number of halogens is 1. The van der Waals surface area contributed by atoms with Crippen molar-refractivity contribution in [1.82, 2.24) is 4.98 Å². The molecule has 4 nitrogen and oxygen atoms in total. The second-order valence-corrected chi connectivity index (χ2v) is 6.35. The quantitative estimate of drug-likeness (QED) is 0.707. The minimum Gasteiger partial charge on any atom is -0.479 e. The Balaban J connectivity index is 1.65. The molecule has 0 aliphatic heterocycles. The number of nitrogens with zero attached hydrogens (tertiary/aromatic N) is 1. The van der Waals surface area contributed by atoms with E-state index in [4.69, 9.17) is 16.3 Å². The summed E-state index contributed by atoms with van der Waals surface area (Å²) in [6, 6.07) is 16.9. The van der Waals surface area contributed by atoms with E-state index < -0.39 is 6.10 Å². The van der Waals surface area contributed by atoms with Crippen molar-refractivity contribution >= 4 is 34.0 Å². The summed E-state index contributed by atoms with van der Waals surface area (Å²) in [6.45, 7) is 1.67.